The second-order valence-electron chi connectivity index (χ2n) is 4.85. The van der Waals surface area contributed by atoms with Crippen molar-refractivity contribution in [2.75, 3.05) is 26.7 Å². The van der Waals surface area contributed by atoms with Crippen molar-refractivity contribution >= 4 is 12.4 Å². The van der Waals surface area contributed by atoms with E-state index in [1.807, 2.05) is 6.07 Å². The predicted octanol–water partition coefficient (Wildman–Crippen LogP) is 3.14. The van der Waals surface area contributed by atoms with E-state index >= 15 is 0 Å². The topological polar surface area (TPSA) is 12.5 Å². The molecule has 0 radical (unpaired) electrons. The van der Waals surface area contributed by atoms with Crippen LogP contribution in [0.4, 0.5) is 0 Å². The molecule has 1 fully saturated rings. The number of para-hydroxylation sites is 1. The molecule has 1 aromatic rings. The van der Waals surface area contributed by atoms with Crippen LogP contribution in [0, 0.1) is 12.8 Å². The van der Waals surface area contributed by atoms with Gasteiger partial charge in [0.2, 0.25) is 0 Å². The van der Waals surface area contributed by atoms with Crippen LogP contribution >= 0.6 is 12.4 Å². The van der Waals surface area contributed by atoms with Crippen molar-refractivity contribution in [1.82, 2.24) is 4.90 Å². The van der Waals surface area contributed by atoms with Gasteiger partial charge in [-0.2, -0.15) is 0 Å². The molecule has 0 N–H and O–H groups in total. The summed E-state index contributed by atoms with van der Waals surface area (Å²) in [5, 5.41) is 0. The summed E-state index contributed by atoms with van der Waals surface area (Å²) in [6, 6.07) is 8.25. The van der Waals surface area contributed by atoms with E-state index in [1.54, 1.807) is 0 Å². The molecule has 1 atom stereocenters. The molecule has 1 unspecified atom stereocenters. The fraction of sp³-hybridized carbons (Fsp3) is 0.571. The summed E-state index contributed by atoms with van der Waals surface area (Å²) in [6.45, 7) is 5.37. The average Bonchev–Trinajstić information content (AvgIpc) is 2.28. The van der Waals surface area contributed by atoms with E-state index in [2.05, 4.69) is 37.1 Å². The van der Waals surface area contributed by atoms with Crippen LogP contribution in [0.3, 0.4) is 0 Å². The molecule has 0 amide bonds. The standard InChI is InChI=1S/C14H21NO.ClH/c1-12-6-3-4-8-14(12)16-11-13-7-5-9-15(2)10-13;/h3-4,6,8,13H,5,7,9-11H2,1-2H3;1H. The van der Waals surface area contributed by atoms with E-state index in [1.165, 1.54) is 31.5 Å². The lowest BCUT2D eigenvalue weighted by Crippen LogP contribution is -2.34. The molecule has 2 nitrogen and oxygen atoms in total. The molecular weight excluding hydrogens is 234 g/mol. The van der Waals surface area contributed by atoms with Crippen molar-refractivity contribution < 1.29 is 4.74 Å². The Kier molecular flexibility index (Phi) is 5.79. The average molecular weight is 256 g/mol. The van der Waals surface area contributed by atoms with E-state index in [0.29, 0.717) is 5.92 Å². The normalized spacial score (nSPS) is 20.7. The van der Waals surface area contributed by atoms with E-state index in [-0.39, 0.29) is 12.4 Å². The molecule has 0 aromatic heterocycles. The molecule has 0 saturated carbocycles. The summed E-state index contributed by atoms with van der Waals surface area (Å²) in [6.07, 6.45) is 2.61. The minimum atomic E-state index is 0. The SMILES string of the molecule is Cc1ccccc1OCC1CCCN(C)C1.Cl. The zero-order chi connectivity index (χ0) is 11.4. The number of halogens is 1. The summed E-state index contributed by atoms with van der Waals surface area (Å²) in [7, 11) is 2.19. The van der Waals surface area contributed by atoms with Crippen LogP contribution in [-0.2, 0) is 0 Å². The predicted molar refractivity (Wildman–Crippen MR) is 74.1 cm³/mol. The van der Waals surface area contributed by atoms with Crippen LogP contribution in [0.25, 0.3) is 0 Å². The van der Waals surface area contributed by atoms with Gasteiger partial charge >= 0.3 is 0 Å². The van der Waals surface area contributed by atoms with Crippen LogP contribution in [-0.4, -0.2) is 31.6 Å². The smallest absolute Gasteiger partial charge is 0.122 e. The number of benzene rings is 1. The highest BCUT2D eigenvalue weighted by molar-refractivity contribution is 5.85. The molecule has 0 aliphatic carbocycles. The molecule has 1 saturated heterocycles. The molecule has 96 valence electrons. The molecule has 1 aliphatic rings. The summed E-state index contributed by atoms with van der Waals surface area (Å²) in [5.41, 5.74) is 1.23. The highest BCUT2D eigenvalue weighted by Crippen LogP contribution is 2.20. The Balaban J connectivity index is 0.00000144. The number of likely N-dealkylation sites (tertiary alicyclic amines) is 1. The molecule has 1 aliphatic heterocycles. The summed E-state index contributed by atoms with van der Waals surface area (Å²) < 4.78 is 5.90. The molecule has 0 bridgehead atoms. The van der Waals surface area contributed by atoms with Gasteiger partial charge in [0, 0.05) is 12.5 Å². The lowest BCUT2D eigenvalue weighted by Gasteiger charge is -2.29. The van der Waals surface area contributed by atoms with Crippen LogP contribution in [0.15, 0.2) is 24.3 Å². The number of hydrogen-bond acceptors (Lipinski definition) is 2. The first kappa shape index (κ1) is 14.3. The quantitative estimate of drug-likeness (QED) is 0.823. The minimum absolute atomic E-state index is 0. The van der Waals surface area contributed by atoms with Gasteiger partial charge in [0.1, 0.15) is 5.75 Å². The number of rotatable bonds is 3. The highest BCUT2D eigenvalue weighted by Gasteiger charge is 2.17. The third-order valence-electron chi connectivity index (χ3n) is 3.29. The first-order valence-corrected chi connectivity index (χ1v) is 6.12. The van der Waals surface area contributed by atoms with Gasteiger partial charge in [-0.05, 0) is 45.0 Å². The van der Waals surface area contributed by atoms with E-state index in [4.69, 9.17) is 4.74 Å². The van der Waals surface area contributed by atoms with Gasteiger partial charge in [0.25, 0.3) is 0 Å². The number of nitrogens with zero attached hydrogens (tertiary/aromatic N) is 1. The largest absolute Gasteiger partial charge is 0.493 e. The van der Waals surface area contributed by atoms with Crippen LogP contribution in [0.5, 0.6) is 5.75 Å². The van der Waals surface area contributed by atoms with E-state index < -0.39 is 0 Å². The van der Waals surface area contributed by atoms with Crippen molar-refractivity contribution in [1.29, 1.82) is 0 Å². The molecule has 1 aromatic carbocycles. The Bertz CT molecular complexity index is 343. The molecule has 17 heavy (non-hydrogen) atoms. The van der Waals surface area contributed by atoms with Crippen molar-refractivity contribution in [2.45, 2.75) is 19.8 Å². The number of piperidine rings is 1. The van der Waals surface area contributed by atoms with Gasteiger partial charge in [-0.1, -0.05) is 18.2 Å². The Labute approximate surface area is 110 Å². The first-order valence-electron chi connectivity index (χ1n) is 6.12. The Hall–Kier alpha value is -0.730. The second kappa shape index (κ2) is 6.87. The molecule has 3 heteroatoms. The van der Waals surface area contributed by atoms with Gasteiger partial charge < -0.3 is 9.64 Å². The third-order valence-corrected chi connectivity index (χ3v) is 3.29. The Morgan fingerprint density at radius 2 is 2.12 bits per heavy atom. The van der Waals surface area contributed by atoms with Crippen molar-refractivity contribution in [3.8, 4) is 5.75 Å². The monoisotopic (exact) mass is 255 g/mol. The number of ether oxygens (including phenoxy) is 1. The maximum atomic E-state index is 5.90. The minimum Gasteiger partial charge on any atom is -0.493 e. The zero-order valence-corrected chi connectivity index (χ0v) is 11.5. The fourth-order valence-corrected chi connectivity index (χ4v) is 2.34. The Morgan fingerprint density at radius 1 is 1.35 bits per heavy atom. The second-order valence-corrected chi connectivity index (χ2v) is 4.85. The van der Waals surface area contributed by atoms with Gasteiger partial charge in [0.05, 0.1) is 6.61 Å². The lowest BCUT2D eigenvalue weighted by molar-refractivity contribution is 0.150. The molecular formula is C14H22ClNO. The fourth-order valence-electron chi connectivity index (χ4n) is 2.34. The van der Waals surface area contributed by atoms with Crippen molar-refractivity contribution in [3.05, 3.63) is 29.8 Å². The summed E-state index contributed by atoms with van der Waals surface area (Å²) >= 11 is 0. The third kappa shape index (κ3) is 4.21. The lowest BCUT2D eigenvalue weighted by atomic mass is 9.99. The number of hydrogen-bond donors (Lipinski definition) is 0. The van der Waals surface area contributed by atoms with Crippen LogP contribution < -0.4 is 4.74 Å². The first-order chi connectivity index (χ1) is 7.75. The van der Waals surface area contributed by atoms with Crippen LogP contribution in [0.1, 0.15) is 18.4 Å². The van der Waals surface area contributed by atoms with Gasteiger partial charge in [-0.25, -0.2) is 0 Å². The maximum absolute atomic E-state index is 5.90. The van der Waals surface area contributed by atoms with Gasteiger partial charge in [-0.3, -0.25) is 0 Å². The maximum Gasteiger partial charge on any atom is 0.122 e. The summed E-state index contributed by atoms with van der Waals surface area (Å²) in [5.74, 6) is 1.73. The summed E-state index contributed by atoms with van der Waals surface area (Å²) in [4.78, 5) is 2.40. The van der Waals surface area contributed by atoms with E-state index in [0.717, 1.165) is 12.4 Å². The van der Waals surface area contributed by atoms with E-state index in [9.17, 15) is 0 Å². The molecule has 1 heterocycles. The Morgan fingerprint density at radius 3 is 2.82 bits per heavy atom. The molecule has 0 spiro atoms. The van der Waals surface area contributed by atoms with Crippen molar-refractivity contribution in [3.63, 3.8) is 0 Å². The number of aryl methyl sites for hydroxylation is 1. The van der Waals surface area contributed by atoms with Crippen molar-refractivity contribution in [2.24, 2.45) is 5.92 Å². The van der Waals surface area contributed by atoms with Crippen LogP contribution in [0.2, 0.25) is 0 Å². The molecule has 2 rings (SSSR count). The van der Waals surface area contributed by atoms with Gasteiger partial charge in [0.15, 0.2) is 0 Å². The van der Waals surface area contributed by atoms with Gasteiger partial charge in [-0.15, -0.1) is 12.4 Å². The zero-order valence-electron chi connectivity index (χ0n) is 10.7. The highest BCUT2D eigenvalue weighted by atomic mass is 35.5.